The van der Waals surface area contributed by atoms with E-state index in [1.807, 2.05) is 11.6 Å². The summed E-state index contributed by atoms with van der Waals surface area (Å²) in [6.07, 6.45) is 12.9. The molecule has 2 heterocycles. The molecule has 2 aromatic rings. The van der Waals surface area contributed by atoms with Gasteiger partial charge in [-0.25, -0.2) is 0 Å². The fourth-order valence-corrected chi connectivity index (χ4v) is 6.56. The maximum Gasteiger partial charge on any atom is 0.235 e. The monoisotopic (exact) mass is 443 g/mol. The van der Waals surface area contributed by atoms with Gasteiger partial charge in [0.05, 0.1) is 11.3 Å². The van der Waals surface area contributed by atoms with Crippen LogP contribution < -0.4 is 5.32 Å². The molecule has 0 aliphatic heterocycles. The number of nitrogens with zero attached hydrogens (tertiary/aromatic N) is 4. The van der Waals surface area contributed by atoms with Gasteiger partial charge in [0.15, 0.2) is 5.16 Å². The van der Waals surface area contributed by atoms with Crippen molar-refractivity contribution < 1.29 is 4.79 Å². The van der Waals surface area contributed by atoms with Crippen LogP contribution in [0.5, 0.6) is 0 Å². The van der Waals surface area contributed by atoms with E-state index in [1.165, 1.54) is 61.6 Å². The van der Waals surface area contributed by atoms with Crippen LogP contribution >= 0.6 is 23.1 Å². The fraction of sp³-hybridized carbons (Fsp3) is 0.636. The predicted octanol–water partition coefficient (Wildman–Crippen LogP) is 5.19. The van der Waals surface area contributed by atoms with Crippen molar-refractivity contribution in [2.24, 2.45) is 7.05 Å². The standard InChI is InChI=1S/C22H29N5OS2/c1-27-20(15-9-5-4-6-10-15)25-26-22(27)29-14-19(28)24-21-17(13-23)16-11-7-2-3-8-12-18(16)30-21/h15H,2-12,14H2,1H3,(H,24,28). The van der Waals surface area contributed by atoms with Gasteiger partial charge in [-0.3, -0.25) is 4.79 Å². The van der Waals surface area contributed by atoms with E-state index in [2.05, 4.69) is 21.6 Å². The van der Waals surface area contributed by atoms with Gasteiger partial charge in [-0.15, -0.1) is 21.5 Å². The lowest BCUT2D eigenvalue weighted by molar-refractivity contribution is -0.113. The maximum absolute atomic E-state index is 12.6. The number of hydrogen-bond donors (Lipinski definition) is 1. The molecule has 2 aromatic heterocycles. The molecule has 8 heteroatoms. The second-order valence-electron chi connectivity index (χ2n) is 8.31. The molecule has 2 aliphatic rings. The molecule has 0 saturated heterocycles. The first-order valence-corrected chi connectivity index (χ1v) is 12.8. The summed E-state index contributed by atoms with van der Waals surface area (Å²) in [7, 11) is 2.00. The van der Waals surface area contributed by atoms with Crippen LogP contribution in [0.25, 0.3) is 0 Å². The molecule has 30 heavy (non-hydrogen) atoms. The maximum atomic E-state index is 12.6. The van der Waals surface area contributed by atoms with Gasteiger partial charge in [0, 0.05) is 17.8 Å². The van der Waals surface area contributed by atoms with E-state index in [0.717, 1.165) is 47.2 Å². The second kappa shape index (κ2) is 9.97. The average molecular weight is 444 g/mol. The molecule has 1 N–H and O–H groups in total. The number of carbonyl (C=O) groups excluding carboxylic acids is 1. The van der Waals surface area contributed by atoms with Crippen molar-refractivity contribution in [3.63, 3.8) is 0 Å². The van der Waals surface area contributed by atoms with Crippen LogP contribution in [0.1, 0.15) is 85.5 Å². The topological polar surface area (TPSA) is 83.6 Å². The highest BCUT2D eigenvalue weighted by Crippen LogP contribution is 2.37. The van der Waals surface area contributed by atoms with Crippen molar-refractivity contribution in [3.05, 3.63) is 21.8 Å². The van der Waals surface area contributed by atoms with Crippen LogP contribution in [0.15, 0.2) is 5.16 Å². The van der Waals surface area contributed by atoms with Crippen molar-refractivity contribution in [3.8, 4) is 6.07 Å². The minimum absolute atomic E-state index is 0.0899. The Morgan fingerprint density at radius 2 is 1.90 bits per heavy atom. The molecule has 0 aromatic carbocycles. The molecule has 0 unspecified atom stereocenters. The largest absolute Gasteiger partial charge is 0.316 e. The highest BCUT2D eigenvalue weighted by molar-refractivity contribution is 7.99. The fourth-order valence-electron chi connectivity index (χ4n) is 4.59. The molecule has 0 bridgehead atoms. The number of fused-ring (bicyclic) bond motifs is 1. The first-order valence-electron chi connectivity index (χ1n) is 11.0. The van der Waals surface area contributed by atoms with Gasteiger partial charge in [0.1, 0.15) is 16.9 Å². The lowest BCUT2D eigenvalue weighted by atomic mass is 9.89. The van der Waals surface area contributed by atoms with E-state index < -0.39 is 0 Å². The zero-order chi connectivity index (χ0) is 20.9. The summed E-state index contributed by atoms with van der Waals surface area (Å²) in [5.74, 6) is 1.71. The van der Waals surface area contributed by atoms with E-state index >= 15 is 0 Å². The van der Waals surface area contributed by atoms with Crippen LogP contribution in [0.3, 0.4) is 0 Å². The predicted molar refractivity (Wildman–Crippen MR) is 121 cm³/mol. The van der Waals surface area contributed by atoms with Crippen molar-refractivity contribution >= 4 is 34.0 Å². The number of thiophene rings is 1. The Labute approximate surface area is 186 Å². The van der Waals surface area contributed by atoms with Crippen molar-refractivity contribution in [1.29, 1.82) is 5.26 Å². The molecule has 2 aliphatic carbocycles. The Bertz CT molecular complexity index is 936. The van der Waals surface area contributed by atoms with Gasteiger partial charge in [0.25, 0.3) is 0 Å². The van der Waals surface area contributed by atoms with Gasteiger partial charge < -0.3 is 9.88 Å². The Kier molecular flexibility index (Phi) is 7.11. The first kappa shape index (κ1) is 21.4. The second-order valence-corrected chi connectivity index (χ2v) is 10.4. The lowest BCUT2D eigenvalue weighted by Gasteiger charge is -2.20. The molecule has 0 atom stereocenters. The highest BCUT2D eigenvalue weighted by atomic mass is 32.2. The summed E-state index contributed by atoms with van der Waals surface area (Å²) >= 11 is 3.00. The molecule has 0 spiro atoms. The number of aryl methyl sites for hydroxylation is 1. The molecule has 4 rings (SSSR count). The highest BCUT2D eigenvalue weighted by Gasteiger charge is 2.23. The van der Waals surface area contributed by atoms with E-state index in [-0.39, 0.29) is 11.7 Å². The molecule has 160 valence electrons. The van der Waals surface area contributed by atoms with Gasteiger partial charge in [-0.05, 0) is 44.1 Å². The van der Waals surface area contributed by atoms with Crippen LogP contribution in [0, 0.1) is 11.3 Å². The molecule has 1 amide bonds. The Balaban J connectivity index is 1.39. The summed E-state index contributed by atoms with van der Waals surface area (Å²) in [4.78, 5) is 13.9. The van der Waals surface area contributed by atoms with E-state index in [0.29, 0.717) is 11.5 Å². The molecule has 0 radical (unpaired) electrons. The zero-order valence-corrected chi connectivity index (χ0v) is 19.2. The van der Waals surface area contributed by atoms with Crippen molar-refractivity contribution in [2.45, 2.75) is 81.7 Å². The van der Waals surface area contributed by atoms with E-state index in [1.54, 1.807) is 11.3 Å². The molecule has 1 saturated carbocycles. The van der Waals surface area contributed by atoms with Gasteiger partial charge in [-0.2, -0.15) is 5.26 Å². The number of nitriles is 1. The minimum atomic E-state index is -0.0899. The minimum Gasteiger partial charge on any atom is -0.316 e. The Morgan fingerprint density at radius 3 is 2.67 bits per heavy atom. The number of thioether (sulfide) groups is 1. The third-order valence-electron chi connectivity index (χ3n) is 6.21. The van der Waals surface area contributed by atoms with E-state index in [4.69, 9.17) is 0 Å². The van der Waals surface area contributed by atoms with Gasteiger partial charge in [0.2, 0.25) is 5.91 Å². The smallest absolute Gasteiger partial charge is 0.235 e. The van der Waals surface area contributed by atoms with Crippen LogP contribution in [-0.2, 0) is 24.7 Å². The summed E-state index contributed by atoms with van der Waals surface area (Å²) in [5.41, 5.74) is 1.84. The third-order valence-corrected chi connectivity index (χ3v) is 8.43. The summed E-state index contributed by atoms with van der Waals surface area (Å²) in [5, 5.41) is 22.9. The van der Waals surface area contributed by atoms with Gasteiger partial charge >= 0.3 is 0 Å². The Morgan fingerprint density at radius 1 is 1.17 bits per heavy atom. The first-order chi connectivity index (χ1) is 14.7. The van der Waals surface area contributed by atoms with E-state index in [9.17, 15) is 10.1 Å². The summed E-state index contributed by atoms with van der Waals surface area (Å²) < 4.78 is 2.05. The van der Waals surface area contributed by atoms with Crippen molar-refractivity contribution in [1.82, 2.24) is 14.8 Å². The summed E-state index contributed by atoms with van der Waals surface area (Å²) in [6.45, 7) is 0. The number of nitrogens with one attached hydrogen (secondary N) is 1. The quantitative estimate of drug-likeness (QED) is 0.643. The SMILES string of the molecule is Cn1c(SCC(=O)Nc2sc3c(c2C#N)CCCCCC3)nnc1C1CCCCC1. The Hall–Kier alpha value is -1.85. The number of anilines is 1. The molecular formula is C22H29N5OS2. The summed E-state index contributed by atoms with van der Waals surface area (Å²) in [6, 6.07) is 2.34. The van der Waals surface area contributed by atoms with Gasteiger partial charge in [-0.1, -0.05) is 43.9 Å². The number of aromatic nitrogens is 3. The number of hydrogen-bond acceptors (Lipinski definition) is 6. The molecule has 1 fully saturated rings. The number of amides is 1. The normalized spacial score (nSPS) is 17.6. The zero-order valence-electron chi connectivity index (χ0n) is 17.6. The van der Waals surface area contributed by atoms with Crippen LogP contribution in [-0.4, -0.2) is 26.4 Å². The van der Waals surface area contributed by atoms with Crippen LogP contribution in [0.4, 0.5) is 5.00 Å². The average Bonchev–Trinajstić information content (AvgIpc) is 3.26. The number of rotatable bonds is 5. The lowest BCUT2D eigenvalue weighted by Crippen LogP contribution is -2.15. The number of carbonyl (C=O) groups is 1. The van der Waals surface area contributed by atoms with Crippen LogP contribution in [0.2, 0.25) is 0 Å². The molecule has 6 nitrogen and oxygen atoms in total. The van der Waals surface area contributed by atoms with Crippen molar-refractivity contribution in [2.75, 3.05) is 11.1 Å². The third kappa shape index (κ3) is 4.73. The molecular weight excluding hydrogens is 414 g/mol.